The van der Waals surface area contributed by atoms with Gasteiger partial charge in [0.25, 0.3) is 0 Å². The monoisotopic (exact) mass is 206 g/mol. The summed E-state index contributed by atoms with van der Waals surface area (Å²) < 4.78 is 2.89. The highest BCUT2D eigenvalue weighted by atomic mass is 79.9. The first-order chi connectivity index (χ1) is 4.18. The third-order valence-corrected chi connectivity index (χ3v) is 1.57. The van der Waals surface area contributed by atoms with E-state index in [1.807, 2.05) is 30.1 Å². The quantitative estimate of drug-likeness (QED) is 0.573. The molecule has 0 saturated carbocycles. The lowest BCUT2D eigenvalue weighted by atomic mass is 10.5. The number of halogens is 2. The van der Waals surface area contributed by atoms with Crippen LogP contribution in [0, 0.1) is 0 Å². The lowest BCUT2D eigenvalue weighted by Gasteiger charge is -1.88. The molecule has 0 radical (unpaired) electrons. The lowest BCUT2D eigenvalue weighted by Crippen LogP contribution is -2.26. The summed E-state index contributed by atoms with van der Waals surface area (Å²) in [6, 6.07) is 1.85. The zero-order valence-corrected chi connectivity index (χ0v) is 7.28. The van der Waals surface area contributed by atoms with E-state index in [-0.39, 0.29) is 0 Å². The molecule has 0 unspecified atom stereocenters. The van der Waals surface area contributed by atoms with Crippen LogP contribution in [-0.4, -0.2) is 0 Å². The summed E-state index contributed by atoms with van der Waals surface area (Å²) in [4.78, 5) is 0. The molecule has 48 valence electrons. The van der Waals surface area contributed by atoms with Gasteiger partial charge in [-0.25, -0.2) is 4.57 Å². The van der Waals surface area contributed by atoms with E-state index in [9.17, 15) is 0 Å². The molecule has 0 spiro atoms. The van der Waals surface area contributed by atoms with Gasteiger partial charge in [0.15, 0.2) is 12.4 Å². The predicted molar refractivity (Wildman–Crippen MR) is 40.3 cm³/mol. The van der Waals surface area contributed by atoms with E-state index in [2.05, 4.69) is 15.9 Å². The van der Waals surface area contributed by atoms with Crippen molar-refractivity contribution in [2.45, 2.75) is 0 Å². The second-order valence-corrected chi connectivity index (χ2v) is 3.19. The van der Waals surface area contributed by atoms with Crippen LogP contribution in [0.15, 0.2) is 22.9 Å². The van der Waals surface area contributed by atoms with E-state index < -0.39 is 0 Å². The number of pyridine rings is 1. The Balaban J connectivity index is 3.17. The molecule has 1 aromatic heterocycles. The largest absolute Gasteiger partial charge is 0.205 e. The molecule has 0 saturated heterocycles. The first kappa shape index (κ1) is 7.03. The van der Waals surface area contributed by atoms with Gasteiger partial charge in [-0.1, -0.05) is 11.6 Å². The average molecular weight is 207 g/mol. The fourth-order valence-corrected chi connectivity index (χ4v) is 1.61. The fraction of sp³-hybridized carbons (Fsp3) is 0.167. The van der Waals surface area contributed by atoms with Crippen molar-refractivity contribution in [1.82, 2.24) is 0 Å². The fourth-order valence-electron chi connectivity index (χ4n) is 0.633. The summed E-state index contributed by atoms with van der Waals surface area (Å²) in [5.74, 6) is 0. The van der Waals surface area contributed by atoms with Crippen molar-refractivity contribution in [3.05, 3.63) is 28.0 Å². The van der Waals surface area contributed by atoms with Crippen LogP contribution < -0.4 is 4.57 Å². The van der Waals surface area contributed by atoms with Crippen molar-refractivity contribution in [2.24, 2.45) is 7.05 Å². The number of hydrogen-bond acceptors (Lipinski definition) is 0. The van der Waals surface area contributed by atoms with Crippen LogP contribution >= 0.6 is 27.5 Å². The lowest BCUT2D eigenvalue weighted by molar-refractivity contribution is -0.672. The standard InChI is InChI=1S/C6H6BrClN/c1-9-3-5(7)2-6(8)4-9/h2-4H,1H3/q+1. The van der Waals surface area contributed by atoms with Crippen molar-refractivity contribution in [3.63, 3.8) is 0 Å². The normalized spacial score (nSPS) is 9.67. The summed E-state index contributed by atoms with van der Waals surface area (Å²) in [5.41, 5.74) is 0. The number of rotatable bonds is 0. The van der Waals surface area contributed by atoms with Gasteiger partial charge < -0.3 is 0 Å². The molecule has 0 amide bonds. The van der Waals surface area contributed by atoms with Crippen molar-refractivity contribution >= 4 is 27.5 Å². The Kier molecular flexibility index (Phi) is 2.09. The second-order valence-electron chi connectivity index (χ2n) is 1.84. The van der Waals surface area contributed by atoms with E-state index in [1.165, 1.54) is 0 Å². The van der Waals surface area contributed by atoms with Gasteiger partial charge in [0.2, 0.25) is 0 Å². The molecule has 0 aliphatic carbocycles. The SMILES string of the molecule is C[n+]1cc(Cl)cc(Br)c1. The summed E-state index contributed by atoms with van der Waals surface area (Å²) in [7, 11) is 1.93. The van der Waals surface area contributed by atoms with Crippen molar-refractivity contribution < 1.29 is 4.57 Å². The van der Waals surface area contributed by atoms with E-state index in [0.29, 0.717) is 0 Å². The van der Waals surface area contributed by atoms with Crippen LogP contribution in [0.3, 0.4) is 0 Å². The Morgan fingerprint density at radius 1 is 1.56 bits per heavy atom. The van der Waals surface area contributed by atoms with Gasteiger partial charge in [-0.2, -0.15) is 0 Å². The van der Waals surface area contributed by atoms with E-state index in [1.54, 1.807) is 0 Å². The molecule has 0 atom stereocenters. The topological polar surface area (TPSA) is 3.88 Å². The van der Waals surface area contributed by atoms with Crippen LogP contribution in [0.25, 0.3) is 0 Å². The maximum atomic E-state index is 5.70. The Hall–Kier alpha value is -0.0800. The summed E-state index contributed by atoms with van der Waals surface area (Å²) in [6.07, 6.45) is 3.78. The van der Waals surface area contributed by atoms with Crippen molar-refractivity contribution in [1.29, 1.82) is 0 Å². The minimum absolute atomic E-state index is 0.742. The predicted octanol–water partition coefficient (Wildman–Crippen LogP) is 1.93. The van der Waals surface area contributed by atoms with E-state index in [0.717, 1.165) is 9.50 Å². The Labute approximate surface area is 67.4 Å². The van der Waals surface area contributed by atoms with Crippen LogP contribution in [-0.2, 0) is 7.05 Å². The molecule has 0 aromatic carbocycles. The number of aryl methyl sites for hydroxylation is 1. The molecular weight excluding hydrogens is 201 g/mol. The van der Waals surface area contributed by atoms with Gasteiger partial charge in [-0.15, -0.1) is 0 Å². The Morgan fingerprint density at radius 2 is 2.22 bits per heavy atom. The molecule has 1 heterocycles. The van der Waals surface area contributed by atoms with Gasteiger partial charge in [0.05, 0.1) is 4.47 Å². The average Bonchev–Trinajstić information content (AvgIpc) is 1.59. The molecule has 1 nitrogen and oxygen atoms in total. The first-order valence-electron chi connectivity index (χ1n) is 2.50. The number of nitrogens with zero attached hydrogens (tertiary/aromatic N) is 1. The summed E-state index contributed by atoms with van der Waals surface area (Å²) in [5, 5.41) is 0.742. The molecule has 0 N–H and O–H groups in total. The number of hydrogen-bond donors (Lipinski definition) is 0. The number of aromatic nitrogens is 1. The van der Waals surface area contributed by atoms with Gasteiger partial charge in [-0.05, 0) is 22.0 Å². The Morgan fingerprint density at radius 3 is 2.67 bits per heavy atom. The first-order valence-corrected chi connectivity index (χ1v) is 3.67. The molecule has 0 aliphatic heterocycles. The third-order valence-electron chi connectivity index (χ3n) is 0.930. The summed E-state index contributed by atoms with van der Waals surface area (Å²) in [6.45, 7) is 0. The maximum absolute atomic E-state index is 5.70. The molecule has 3 heteroatoms. The van der Waals surface area contributed by atoms with Crippen LogP contribution in [0.4, 0.5) is 0 Å². The highest BCUT2D eigenvalue weighted by Crippen LogP contribution is 2.11. The molecule has 0 bridgehead atoms. The van der Waals surface area contributed by atoms with Crippen molar-refractivity contribution in [3.8, 4) is 0 Å². The van der Waals surface area contributed by atoms with Crippen LogP contribution in [0.5, 0.6) is 0 Å². The highest BCUT2D eigenvalue weighted by Gasteiger charge is 1.97. The van der Waals surface area contributed by atoms with Gasteiger partial charge in [-0.3, -0.25) is 0 Å². The van der Waals surface area contributed by atoms with E-state index >= 15 is 0 Å². The molecule has 0 aliphatic rings. The molecular formula is C6H6BrClN+. The zero-order chi connectivity index (χ0) is 6.85. The molecule has 0 fully saturated rings. The molecule has 1 rings (SSSR count). The van der Waals surface area contributed by atoms with Crippen LogP contribution in [0.1, 0.15) is 0 Å². The minimum Gasteiger partial charge on any atom is -0.205 e. The molecule has 1 aromatic rings. The van der Waals surface area contributed by atoms with Crippen LogP contribution in [0.2, 0.25) is 5.02 Å². The highest BCUT2D eigenvalue weighted by molar-refractivity contribution is 9.10. The van der Waals surface area contributed by atoms with E-state index in [4.69, 9.17) is 11.6 Å². The Bertz CT molecular complexity index is 174. The zero-order valence-electron chi connectivity index (χ0n) is 4.94. The summed E-state index contributed by atoms with van der Waals surface area (Å²) >= 11 is 9.01. The van der Waals surface area contributed by atoms with Gasteiger partial charge >= 0.3 is 0 Å². The minimum atomic E-state index is 0.742. The smallest absolute Gasteiger partial charge is 0.187 e. The molecule has 9 heavy (non-hydrogen) atoms. The third kappa shape index (κ3) is 1.95. The maximum Gasteiger partial charge on any atom is 0.187 e. The van der Waals surface area contributed by atoms with Gasteiger partial charge in [0, 0.05) is 0 Å². The van der Waals surface area contributed by atoms with Crippen molar-refractivity contribution in [2.75, 3.05) is 0 Å². The van der Waals surface area contributed by atoms with Gasteiger partial charge in [0.1, 0.15) is 12.1 Å². The second kappa shape index (κ2) is 2.67.